The summed E-state index contributed by atoms with van der Waals surface area (Å²) < 4.78 is 12.1. The minimum atomic E-state index is 0.235. The van der Waals surface area contributed by atoms with Crippen LogP contribution in [0.4, 0.5) is 0 Å². The lowest BCUT2D eigenvalue weighted by Gasteiger charge is -2.25. The Bertz CT molecular complexity index is 836. The number of ether oxygens (including phenoxy) is 2. The van der Waals surface area contributed by atoms with Gasteiger partial charge >= 0.3 is 0 Å². The summed E-state index contributed by atoms with van der Waals surface area (Å²) in [6, 6.07) is 11.7. The number of carbonyl (C=O) groups is 1. The van der Waals surface area contributed by atoms with Crippen molar-refractivity contribution in [2.24, 2.45) is 0 Å². The predicted molar refractivity (Wildman–Crippen MR) is 116 cm³/mol. The molecule has 0 bridgehead atoms. The van der Waals surface area contributed by atoms with Crippen LogP contribution in [-0.4, -0.2) is 53.5 Å². The van der Waals surface area contributed by atoms with Gasteiger partial charge < -0.3 is 14.4 Å². The van der Waals surface area contributed by atoms with E-state index in [9.17, 15) is 4.79 Å². The molecule has 0 spiro atoms. The van der Waals surface area contributed by atoms with Gasteiger partial charge in [0.2, 0.25) is 11.8 Å². The molecule has 0 N–H and O–H groups in total. The molecule has 1 aromatic carbocycles. The Morgan fingerprint density at radius 3 is 2.53 bits per heavy atom. The fourth-order valence-electron chi connectivity index (χ4n) is 4.08. The molecule has 2 aliphatic rings. The number of nitrogens with zero attached hydrogens (tertiary/aromatic N) is 3. The molecule has 0 unspecified atom stereocenters. The third-order valence-electron chi connectivity index (χ3n) is 5.74. The summed E-state index contributed by atoms with van der Waals surface area (Å²) in [7, 11) is 0. The minimum absolute atomic E-state index is 0.235. The Labute approximate surface area is 178 Å². The van der Waals surface area contributed by atoms with Gasteiger partial charge in [-0.15, -0.1) is 0 Å². The average Bonchev–Trinajstić information content (AvgIpc) is 3.30. The molecule has 1 aromatic heterocycles. The summed E-state index contributed by atoms with van der Waals surface area (Å²) in [5.41, 5.74) is 0.985. The van der Waals surface area contributed by atoms with Crippen LogP contribution in [0.25, 0.3) is 0 Å². The lowest BCUT2D eigenvalue weighted by molar-refractivity contribution is -0.131. The van der Waals surface area contributed by atoms with Gasteiger partial charge in [-0.3, -0.25) is 9.69 Å². The highest BCUT2D eigenvalue weighted by atomic mass is 16.5. The minimum Gasteiger partial charge on any atom is -0.490 e. The SMILES string of the molecule is O=C(CN1CCCCCCOc2ccccc2Oc2ncccc2C1)N1CCCC1. The van der Waals surface area contributed by atoms with Gasteiger partial charge in [-0.25, -0.2) is 4.98 Å². The van der Waals surface area contributed by atoms with Gasteiger partial charge in [0.25, 0.3) is 0 Å². The molecule has 6 heteroatoms. The number of para-hydroxylation sites is 2. The molecule has 30 heavy (non-hydrogen) atoms. The second kappa shape index (κ2) is 10.4. The van der Waals surface area contributed by atoms with Gasteiger partial charge in [0.1, 0.15) is 0 Å². The number of aromatic nitrogens is 1. The molecule has 0 atom stereocenters. The summed E-state index contributed by atoms with van der Waals surface area (Å²) in [6.07, 6.45) is 8.31. The van der Waals surface area contributed by atoms with Crippen LogP contribution in [-0.2, 0) is 11.3 Å². The van der Waals surface area contributed by atoms with Crippen LogP contribution >= 0.6 is 0 Å². The first-order chi connectivity index (χ1) is 14.8. The van der Waals surface area contributed by atoms with E-state index in [0.717, 1.165) is 69.5 Å². The third-order valence-corrected chi connectivity index (χ3v) is 5.74. The lowest BCUT2D eigenvalue weighted by atomic mass is 10.1. The number of fused-ring (bicyclic) bond motifs is 2. The van der Waals surface area contributed by atoms with E-state index in [0.29, 0.717) is 31.3 Å². The molecule has 160 valence electrons. The van der Waals surface area contributed by atoms with Gasteiger partial charge in [-0.1, -0.05) is 31.0 Å². The van der Waals surface area contributed by atoms with Gasteiger partial charge in [-0.05, 0) is 50.4 Å². The maximum atomic E-state index is 12.8. The summed E-state index contributed by atoms with van der Waals surface area (Å²) in [6.45, 7) is 4.45. The molecule has 2 aliphatic heterocycles. The van der Waals surface area contributed by atoms with Gasteiger partial charge in [0.05, 0.1) is 13.2 Å². The zero-order valence-electron chi connectivity index (χ0n) is 17.6. The quantitative estimate of drug-likeness (QED) is 0.742. The Kier molecular flexibility index (Phi) is 7.19. The molecule has 1 amide bonds. The molecule has 0 radical (unpaired) electrons. The Morgan fingerprint density at radius 1 is 0.900 bits per heavy atom. The molecule has 6 nitrogen and oxygen atoms in total. The molecule has 0 saturated carbocycles. The van der Waals surface area contributed by atoms with Gasteiger partial charge in [-0.2, -0.15) is 0 Å². The number of benzene rings is 1. The van der Waals surface area contributed by atoms with Crippen molar-refractivity contribution in [3.05, 3.63) is 48.2 Å². The van der Waals surface area contributed by atoms with Gasteiger partial charge in [0.15, 0.2) is 11.5 Å². The van der Waals surface area contributed by atoms with Crippen molar-refractivity contribution in [2.45, 2.75) is 45.1 Å². The largest absolute Gasteiger partial charge is 0.490 e. The molecule has 0 aliphatic carbocycles. The van der Waals surface area contributed by atoms with Crippen LogP contribution < -0.4 is 9.47 Å². The van der Waals surface area contributed by atoms with Crippen molar-refractivity contribution in [1.29, 1.82) is 0 Å². The van der Waals surface area contributed by atoms with Crippen LogP contribution in [0.3, 0.4) is 0 Å². The summed E-state index contributed by atoms with van der Waals surface area (Å²) >= 11 is 0. The standard InChI is InChI=1S/C24H31N3O3/c28-23(27-15-6-7-16-27)19-26-14-5-1-2-8-17-29-21-11-3-4-12-22(21)30-24-20(18-26)10-9-13-25-24/h3-4,9-13H,1-2,5-8,14-19H2. The number of carbonyl (C=O) groups excluding carboxylic acids is 1. The number of likely N-dealkylation sites (tertiary alicyclic amines) is 1. The molecule has 4 rings (SSSR count). The molecule has 3 heterocycles. The smallest absolute Gasteiger partial charge is 0.236 e. The van der Waals surface area contributed by atoms with E-state index in [-0.39, 0.29) is 5.91 Å². The molecule has 1 saturated heterocycles. The topological polar surface area (TPSA) is 54.9 Å². The monoisotopic (exact) mass is 409 g/mol. The number of amides is 1. The predicted octanol–water partition coefficient (Wildman–Crippen LogP) is 4.25. The van der Waals surface area contributed by atoms with Crippen molar-refractivity contribution in [1.82, 2.24) is 14.8 Å². The zero-order valence-corrected chi connectivity index (χ0v) is 17.6. The number of rotatable bonds is 2. The van der Waals surface area contributed by atoms with Crippen LogP contribution in [0.5, 0.6) is 17.4 Å². The lowest BCUT2D eigenvalue weighted by Crippen LogP contribution is -2.39. The van der Waals surface area contributed by atoms with Gasteiger partial charge in [0, 0.05) is 31.4 Å². The van der Waals surface area contributed by atoms with Crippen LogP contribution in [0.2, 0.25) is 0 Å². The van der Waals surface area contributed by atoms with Crippen molar-refractivity contribution in [3.8, 4) is 17.4 Å². The van der Waals surface area contributed by atoms with E-state index < -0.39 is 0 Å². The summed E-state index contributed by atoms with van der Waals surface area (Å²) in [4.78, 5) is 21.5. The highest BCUT2D eigenvalue weighted by Crippen LogP contribution is 2.32. The van der Waals surface area contributed by atoms with Crippen LogP contribution in [0.15, 0.2) is 42.6 Å². The summed E-state index contributed by atoms with van der Waals surface area (Å²) in [5.74, 6) is 2.23. The number of hydrogen-bond acceptors (Lipinski definition) is 5. The maximum absolute atomic E-state index is 12.8. The van der Waals surface area contributed by atoms with E-state index in [4.69, 9.17) is 9.47 Å². The second-order valence-corrected chi connectivity index (χ2v) is 8.08. The van der Waals surface area contributed by atoms with Crippen molar-refractivity contribution in [2.75, 3.05) is 32.8 Å². The molecular weight excluding hydrogens is 378 g/mol. The van der Waals surface area contributed by atoms with E-state index in [1.807, 2.05) is 41.3 Å². The molecule has 2 aromatic rings. The fourth-order valence-corrected chi connectivity index (χ4v) is 4.08. The van der Waals surface area contributed by atoms with E-state index in [1.54, 1.807) is 6.20 Å². The summed E-state index contributed by atoms with van der Waals surface area (Å²) in [5, 5.41) is 0. The van der Waals surface area contributed by atoms with Crippen LogP contribution in [0, 0.1) is 0 Å². The van der Waals surface area contributed by atoms with E-state index in [1.165, 1.54) is 0 Å². The van der Waals surface area contributed by atoms with Crippen molar-refractivity contribution >= 4 is 5.91 Å². The first kappa shape index (κ1) is 20.7. The molecule has 1 fully saturated rings. The van der Waals surface area contributed by atoms with Crippen molar-refractivity contribution < 1.29 is 14.3 Å². The maximum Gasteiger partial charge on any atom is 0.236 e. The second-order valence-electron chi connectivity index (χ2n) is 8.08. The zero-order chi connectivity index (χ0) is 20.6. The number of hydrogen-bond donors (Lipinski definition) is 0. The Balaban J connectivity index is 1.55. The third kappa shape index (κ3) is 5.51. The van der Waals surface area contributed by atoms with E-state index >= 15 is 0 Å². The Hall–Kier alpha value is -2.60. The average molecular weight is 410 g/mol. The first-order valence-electron chi connectivity index (χ1n) is 11.1. The molecular formula is C24H31N3O3. The fraction of sp³-hybridized carbons (Fsp3) is 0.500. The Morgan fingerprint density at radius 2 is 1.67 bits per heavy atom. The first-order valence-corrected chi connectivity index (χ1v) is 11.1. The highest BCUT2D eigenvalue weighted by molar-refractivity contribution is 5.78. The van der Waals surface area contributed by atoms with Crippen LogP contribution in [0.1, 0.15) is 44.1 Å². The highest BCUT2D eigenvalue weighted by Gasteiger charge is 2.22. The number of pyridine rings is 1. The van der Waals surface area contributed by atoms with Crippen molar-refractivity contribution in [3.63, 3.8) is 0 Å². The van der Waals surface area contributed by atoms with E-state index in [2.05, 4.69) is 9.88 Å². The normalized spacial score (nSPS) is 18.5.